The molecule has 0 N–H and O–H groups in total. The maximum absolute atomic E-state index is 12.3. The molecular formula is C17H19N3O2. The van der Waals surface area contributed by atoms with Crippen LogP contribution in [0.1, 0.15) is 28.2 Å². The van der Waals surface area contributed by atoms with Crippen molar-refractivity contribution in [3.8, 4) is 0 Å². The van der Waals surface area contributed by atoms with E-state index in [-0.39, 0.29) is 12.0 Å². The van der Waals surface area contributed by atoms with Crippen molar-refractivity contribution in [1.82, 2.24) is 14.9 Å². The Labute approximate surface area is 130 Å². The van der Waals surface area contributed by atoms with Crippen LogP contribution in [0.4, 0.5) is 0 Å². The normalized spacial score (nSPS) is 17.7. The van der Waals surface area contributed by atoms with Gasteiger partial charge in [-0.25, -0.2) is 4.98 Å². The van der Waals surface area contributed by atoms with Gasteiger partial charge in [-0.05, 0) is 18.9 Å². The Bertz CT molecular complexity index is 628. The molecule has 1 saturated heterocycles. The molecule has 1 aliphatic rings. The molecule has 3 rings (SSSR count). The van der Waals surface area contributed by atoms with Crippen LogP contribution in [0.3, 0.4) is 0 Å². The molecule has 1 aromatic heterocycles. The number of ether oxygens (including phenoxy) is 1. The lowest BCUT2D eigenvalue weighted by atomic mass is 10.2. The molecule has 5 heteroatoms. The molecule has 2 heterocycles. The highest BCUT2D eigenvalue weighted by Crippen LogP contribution is 2.16. The molecule has 0 spiro atoms. The van der Waals surface area contributed by atoms with Crippen molar-refractivity contribution >= 4 is 5.91 Å². The summed E-state index contributed by atoms with van der Waals surface area (Å²) in [6.07, 6.45) is 4.10. The third-order valence-electron chi connectivity index (χ3n) is 3.76. The van der Waals surface area contributed by atoms with Crippen molar-refractivity contribution in [2.45, 2.75) is 26.1 Å². The van der Waals surface area contributed by atoms with Gasteiger partial charge in [0.25, 0.3) is 5.91 Å². The highest BCUT2D eigenvalue weighted by molar-refractivity contribution is 5.92. The Balaban J connectivity index is 1.53. The zero-order valence-electron chi connectivity index (χ0n) is 12.6. The van der Waals surface area contributed by atoms with E-state index in [2.05, 4.69) is 9.97 Å². The monoisotopic (exact) mass is 297 g/mol. The average molecular weight is 297 g/mol. The van der Waals surface area contributed by atoms with Gasteiger partial charge in [-0.2, -0.15) is 0 Å². The first-order valence-corrected chi connectivity index (χ1v) is 7.46. The molecule has 1 aromatic carbocycles. The number of aryl methyl sites for hydroxylation is 1. The van der Waals surface area contributed by atoms with Gasteiger partial charge in [0.1, 0.15) is 5.69 Å². The minimum atomic E-state index is -0.0710. The van der Waals surface area contributed by atoms with Crippen LogP contribution in [0.5, 0.6) is 0 Å². The number of amides is 1. The summed E-state index contributed by atoms with van der Waals surface area (Å²) >= 11 is 0. The maximum atomic E-state index is 12.3. The fraction of sp³-hybridized carbons (Fsp3) is 0.353. The van der Waals surface area contributed by atoms with Gasteiger partial charge in [-0.1, -0.05) is 30.3 Å². The highest BCUT2D eigenvalue weighted by atomic mass is 16.5. The lowest BCUT2D eigenvalue weighted by Crippen LogP contribution is -2.30. The molecule has 114 valence electrons. The number of nitrogens with zero attached hydrogens (tertiary/aromatic N) is 3. The molecule has 22 heavy (non-hydrogen) atoms. The third-order valence-corrected chi connectivity index (χ3v) is 3.76. The van der Waals surface area contributed by atoms with E-state index >= 15 is 0 Å². The van der Waals surface area contributed by atoms with Crippen LogP contribution in [0.25, 0.3) is 0 Å². The van der Waals surface area contributed by atoms with Crippen LogP contribution >= 0.6 is 0 Å². The van der Waals surface area contributed by atoms with E-state index in [1.165, 1.54) is 6.20 Å². The Kier molecular flexibility index (Phi) is 4.44. The van der Waals surface area contributed by atoms with Gasteiger partial charge in [0.05, 0.1) is 24.6 Å². The van der Waals surface area contributed by atoms with Gasteiger partial charge in [0.15, 0.2) is 0 Å². The van der Waals surface area contributed by atoms with Crippen molar-refractivity contribution < 1.29 is 9.53 Å². The second-order valence-corrected chi connectivity index (χ2v) is 5.50. The summed E-state index contributed by atoms with van der Waals surface area (Å²) in [5.41, 5.74) is 2.35. The third kappa shape index (κ3) is 3.49. The summed E-state index contributed by atoms with van der Waals surface area (Å²) in [5, 5.41) is 0. The van der Waals surface area contributed by atoms with E-state index in [1.54, 1.807) is 11.1 Å². The van der Waals surface area contributed by atoms with Crippen molar-refractivity contribution in [3.63, 3.8) is 0 Å². The molecule has 0 aliphatic carbocycles. The number of hydrogen-bond acceptors (Lipinski definition) is 4. The molecule has 0 bridgehead atoms. The summed E-state index contributed by atoms with van der Waals surface area (Å²) in [7, 11) is 0. The predicted molar refractivity (Wildman–Crippen MR) is 82.3 cm³/mol. The zero-order chi connectivity index (χ0) is 15.4. The molecule has 1 aliphatic heterocycles. The summed E-state index contributed by atoms with van der Waals surface area (Å²) in [6.45, 7) is 3.75. The topological polar surface area (TPSA) is 55.3 Å². The first kappa shape index (κ1) is 14.7. The molecule has 1 amide bonds. The number of carbonyl (C=O) groups excluding carboxylic acids is 1. The maximum Gasteiger partial charge on any atom is 0.274 e. The van der Waals surface area contributed by atoms with E-state index in [4.69, 9.17) is 4.74 Å². The second kappa shape index (κ2) is 6.66. The van der Waals surface area contributed by atoms with Crippen molar-refractivity contribution in [2.75, 3.05) is 13.1 Å². The van der Waals surface area contributed by atoms with E-state index in [9.17, 15) is 4.79 Å². The van der Waals surface area contributed by atoms with Crippen molar-refractivity contribution in [1.29, 1.82) is 0 Å². The molecule has 0 saturated carbocycles. The largest absolute Gasteiger partial charge is 0.372 e. The van der Waals surface area contributed by atoms with E-state index in [1.807, 2.05) is 37.3 Å². The summed E-state index contributed by atoms with van der Waals surface area (Å²) in [6, 6.07) is 10.1. The number of hydrogen-bond donors (Lipinski definition) is 0. The summed E-state index contributed by atoms with van der Waals surface area (Å²) in [4.78, 5) is 22.4. The molecular weight excluding hydrogens is 278 g/mol. The molecule has 2 aromatic rings. The van der Waals surface area contributed by atoms with Gasteiger partial charge in [-0.15, -0.1) is 0 Å². The predicted octanol–water partition coefficient (Wildman–Crippen LogP) is 2.22. The Hall–Kier alpha value is -2.27. The Morgan fingerprint density at radius 3 is 2.82 bits per heavy atom. The van der Waals surface area contributed by atoms with Gasteiger partial charge in [0.2, 0.25) is 0 Å². The van der Waals surface area contributed by atoms with E-state index in [0.29, 0.717) is 25.4 Å². The van der Waals surface area contributed by atoms with E-state index in [0.717, 1.165) is 17.7 Å². The number of benzene rings is 1. The standard InChI is InChI=1S/C17H19N3O2/c1-13-9-19-16(10-18-13)17(21)20-8-7-15(11-20)22-12-14-5-3-2-4-6-14/h2-6,9-10,15H,7-8,11-12H2,1H3/t15-/m0/s1. The van der Waals surface area contributed by atoms with Crippen LogP contribution < -0.4 is 0 Å². The number of rotatable bonds is 4. The van der Waals surface area contributed by atoms with Gasteiger partial charge in [0, 0.05) is 19.3 Å². The minimum Gasteiger partial charge on any atom is -0.372 e. The first-order valence-electron chi connectivity index (χ1n) is 7.46. The van der Waals surface area contributed by atoms with Crippen LogP contribution in [-0.2, 0) is 11.3 Å². The van der Waals surface area contributed by atoms with Crippen LogP contribution in [0.2, 0.25) is 0 Å². The number of carbonyl (C=O) groups is 1. The Morgan fingerprint density at radius 2 is 2.09 bits per heavy atom. The molecule has 1 atom stereocenters. The zero-order valence-corrected chi connectivity index (χ0v) is 12.6. The van der Waals surface area contributed by atoms with Gasteiger partial charge >= 0.3 is 0 Å². The van der Waals surface area contributed by atoms with Gasteiger partial charge < -0.3 is 9.64 Å². The first-order chi connectivity index (χ1) is 10.7. The molecule has 0 radical (unpaired) electrons. The number of likely N-dealkylation sites (tertiary alicyclic amines) is 1. The Morgan fingerprint density at radius 1 is 1.27 bits per heavy atom. The average Bonchev–Trinajstić information content (AvgIpc) is 3.03. The number of aromatic nitrogens is 2. The minimum absolute atomic E-state index is 0.0710. The smallest absolute Gasteiger partial charge is 0.274 e. The highest BCUT2D eigenvalue weighted by Gasteiger charge is 2.28. The van der Waals surface area contributed by atoms with Gasteiger partial charge in [-0.3, -0.25) is 9.78 Å². The fourth-order valence-corrected chi connectivity index (χ4v) is 2.50. The van der Waals surface area contributed by atoms with Crippen LogP contribution in [-0.4, -0.2) is 40.0 Å². The molecule has 0 unspecified atom stereocenters. The van der Waals surface area contributed by atoms with Crippen LogP contribution in [0, 0.1) is 6.92 Å². The quantitative estimate of drug-likeness (QED) is 0.868. The fourth-order valence-electron chi connectivity index (χ4n) is 2.50. The summed E-state index contributed by atoms with van der Waals surface area (Å²) in [5.74, 6) is -0.0710. The molecule has 1 fully saturated rings. The lowest BCUT2D eigenvalue weighted by molar-refractivity contribution is 0.0436. The lowest BCUT2D eigenvalue weighted by Gasteiger charge is -2.16. The molecule has 5 nitrogen and oxygen atoms in total. The van der Waals surface area contributed by atoms with E-state index < -0.39 is 0 Å². The SMILES string of the molecule is Cc1cnc(C(=O)N2CC[C@H](OCc3ccccc3)C2)cn1. The van der Waals surface area contributed by atoms with Crippen molar-refractivity contribution in [2.24, 2.45) is 0 Å². The van der Waals surface area contributed by atoms with Crippen LogP contribution in [0.15, 0.2) is 42.7 Å². The second-order valence-electron chi connectivity index (χ2n) is 5.50. The van der Waals surface area contributed by atoms with Crippen molar-refractivity contribution in [3.05, 3.63) is 59.7 Å². The summed E-state index contributed by atoms with van der Waals surface area (Å²) < 4.78 is 5.89.